The SMILES string of the molecule is CCC(C)(C)NC(=O)[C@H](N)CCSC. The second kappa shape index (κ2) is 6.30. The molecule has 3 nitrogen and oxygen atoms in total. The summed E-state index contributed by atoms with van der Waals surface area (Å²) in [6.07, 6.45) is 3.67. The van der Waals surface area contributed by atoms with Gasteiger partial charge >= 0.3 is 0 Å². The van der Waals surface area contributed by atoms with Crippen molar-refractivity contribution in [3.8, 4) is 0 Å². The van der Waals surface area contributed by atoms with E-state index in [1.54, 1.807) is 11.8 Å². The molecular formula is C10H22N2OS. The minimum Gasteiger partial charge on any atom is -0.350 e. The van der Waals surface area contributed by atoms with E-state index in [-0.39, 0.29) is 17.5 Å². The molecule has 0 fully saturated rings. The van der Waals surface area contributed by atoms with Gasteiger partial charge in [-0.2, -0.15) is 11.8 Å². The maximum absolute atomic E-state index is 11.6. The number of carbonyl (C=O) groups excluding carboxylic acids is 1. The second-order valence-corrected chi connectivity index (χ2v) is 5.10. The number of nitrogens with two attached hydrogens (primary N) is 1. The fraction of sp³-hybridized carbons (Fsp3) is 0.900. The summed E-state index contributed by atoms with van der Waals surface area (Å²) < 4.78 is 0. The van der Waals surface area contributed by atoms with Crippen LogP contribution in [-0.4, -0.2) is 29.5 Å². The van der Waals surface area contributed by atoms with Crippen LogP contribution < -0.4 is 11.1 Å². The summed E-state index contributed by atoms with van der Waals surface area (Å²) in [4.78, 5) is 11.6. The molecule has 0 saturated carbocycles. The summed E-state index contributed by atoms with van der Waals surface area (Å²) in [7, 11) is 0. The maximum Gasteiger partial charge on any atom is 0.237 e. The molecule has 0 aromatic rings. The molecule has 14 heavy (non-hydrogen) atoms. The van der Waals surface area contributed by atoms with Crippen LogP contribution in [0.5, 0.6) is 0 Å². The van der Waals surface area contributed by atoms with E-state index in [1.165, 1.54) is 0 Å². The lowest BCUT2D eigenvalue weighted by molar-refractivity contribution is -0.124. The van der Waals surface area contributed by atoms with Gasteiger partial charge in [-0.1, -0.05) is 6.92 Å². The molecule has 0 bridgehead atoms. The van der Waals surface area contributed by atoms with Crippen molar-refractivity contribution in [1.82, 2.24) is 5.32 Å². The molecule has 4 heteroatoms. The average molecular weight is 218 g/mol. The molecule has 0 saturated heterocycles. The zero-order valence-corrected chi connectivity index (χ0v) is 10.4. The topological polar surface area (TPSA) is 55.1 Å². The van der Waals surface area contributed by atoms with Crippen molar-refractivity contribution in [2.45, 2.75) is 45.2 Å². The Hall–Kier alpha value is -0.220. The van der Waals surface area contributed by atoms with E-state index in [2.05, 4.69) is 5.32 Å². The molecule has 0 heterocycles. The van der Waals surface area contributed by atoms with Gasteiger partial charge in [-0.25, -0.2) is 0 Å². The molecule has 0 unspecified atom stereocenters. The first-order valence-corrected chi connectivity index (χ1v) is 6.39. The molecule has 0 radical (unpaired) electrons. The molecule has 1 atom stereocenters. The van der Waals surface area contributed by atoms with E-state index in [0.717, 1.165) is 18.6 Å². The lowest BCUT2D eigenvalue weighted by Gasteiger charge is -2.26. The van der Waals surface area contributed by atoms with Crippen molar-refractivity contribution in [2.24, 2.45) is 5.73 Å². The fourth-order valence-electron chi connectivity index (χ4n) is 0.891. The molecule has 1 amide bonds. The molecule has 3 N–H and O–H groups in total. The Balaban J connectivity index is 3.95. The van der Waals surface area contributed by atoms with Crippen LogP contribution in [0.2, 0.25) is 0 Å². The predicted octanol–water partition coefficient (Wildman–Crippen LogP) is 1.37. The highest BCUT2D eigenvalue weighted by Gasteiger charge is 2.21. The molecular weight excluding hydrogens is 196 g/mol. The monoisotopic (exact) mass is 218 g/mol. The lowest BCUT2D eigenvalue weighted by atomic mass is 10.0. The van der Waals surface area contributed by atoms with Crippen LogP contribution in [0.25, 0.3) is 0 Å². The molecule has 0 spiro atoms. The molecule has 0 aliphatic rings. The Morgan fingerprint density at radius 2 is 2.14 bits per heavy atom. The minimum absolute atomic E-state index is 0.0362. The smallest absolute Gasteiger partial charge is 0.237 e. The van der Waals surface area contributed by atoms with Crippen molar-refractivity contribution in [3.63, 3.8) is 0 Å². The molecule has 84 valence electrons. The molecule has 0 aromatic carbocycles. The van der Waals surface area contributed by atoms with Gasteiger partial charge in [0.25, 0.3) is 0 Å². The number of rotatable bonds is 6. The van der Waals surface area contributed by atoms with E-state index in [4.69, 9.17) is 5.73 Å². The van der Waals surface area contributed by atoms with E-state index >= 15 is 0 Å². The van der Waals surface area contributed by atoms with Crippen LogP contribution in [0.15, 0.2) is 0 Å². The lowest BCUT2D eigenvalue weighted by Crippen LogP contribution is -2.50. The first kappa shape index (κ1) is 13.8. The third-order valence-corrected chi connectivity index (χ3v) is 2.96. The van der Waals surface area contributed by atoms with E-state index in [1.807, 2.05) is 27.0 Å². The first-order valence-electron chi connectivity index (χ1n) is 4.99. The number of carbonyl (C=O) groups is 1. The van der Waals surface area contributed by atoms with Crippen molar-refractivity contribution >= 4 is 17.7 Å². The van der Waals surface area contributed by atoms with Crippen molar-refractivity contribution < 1.29 is 4.79 Å². The Morgan fingerprint density at radius 3 is 2.57 bits per heavy atom. The average Bonchev–Trinajstić information content (AvgIpc) is 2.13. The Bertz CT molecular complexity index is 183. The molecule has 0 aliphatic carbocycles. The summed E-state index contributed by atoms with van der Waals surface area (Å²) in [5.41, 5.74) is 5.60. The standard InChI is InChI=1S/C10H22N2OS/c1-5-10(2,3)12-9(13)8(11)6-7-14-4/h8H,5-7,11H2,1-4H3,(H,12,13)/t8-/m1/s1. The van der Waals surface area contributed by atoms with Gasteiger partial charge in [0.15, 0.2) is 0 Å². The largest absolute Gasteiger partial charge is 0.350 e. The highest BCUT2D eigenvalue weighted by Crippen LogP contribution is 2.07. The molecule has 0 aromatic heterocycles. The number of hydrogen-bond donors (Lipinski definition) is 2. The van der Waals surface area contributed by atoms with Gasteiger partial charge in [0.1, 0.15) is 0 Å². The second-order valence-electron chi connectivity index (χ2n) is 4.11. The summed E-state index contributed by atoms with van der Waals surface area (Å²) >= 11 is 1.71. The Kier molecular flexibility index (Phi) is 6.20. The van der Waals surface area contributed by atoms with Gasteiger partial charge in [-0.3, -0.25) is 4.79 Å². The number of amides is 1. The highest BCUT2D eigenvalue weighted by atomic mass is 32.2. The maximum atomic E-state index is 11.6. The van der Waals surface area contributed by atoms with Gasteiger partial charge in [-0.05, 0) is 38.7 Å². The summed E-state index contributed by atoms with van der Waals surface area (Å²) in [6, 6.07) is -0.367. The third kappa shape index (κ3) is 5.50. The Labute approximate surface area is 91.2 Å². The van der Waals surface area contributed by atoms with E-state index in [0.29, 0.717) is 0 Å². The quantitative estimate of drug-likeness (QED) is 0.708. The van der Waals surface area contributed by atoms with E-state index in [9.17, 15) is 4.79 Å². The normalized spacial score (nSPS) is 13.8. The van der Waals surface area contributed by atoms with Crippen molar-refractivity contribution in [1.29, 1.82) is 0 Å². The van der Waals surface area contributed by atoms with Gasteiger partial charge in [0.2, 0.25) is 5.91 Å². The van der Waals surface area contributed by atoms with Crippen LogP contribution >= 0.6 is 11.8 Å². The van der Waals surface area contributed by atoms with Gasteiger partial charge in [-0.15, -0.1) is 0 Å². The van der Waals surface area contributed by atoms with Gasteiger partial charge in [0.05, 0.1) is 6.04 Å². The number of hydrogen-bond acceptors (Lipinski definition) is 3. The van der Waals surface area contributed by atoms with E-state index < -0.39 is 0 Å². The van der Waals surface area contributed by atoms with Crippen LogP contribution in [0, 0.1) is 0 Å². The summed E-state index contributed by atoms with van der Waals surface area (Å²) in [6.45, 7) is 6.06. The Morgan fingerprint density at radius 1 is 1.57 bits per heavy atom. The van der Waals surface area contributed by atoms with Crippen LogP contribution in [-0.2, 0) is 4.79 Å². The third-order valence-electron chi connectivity index (χ3n) is 2.32. The van der Waals surface area contributed by atoms with Crippen LogP contribution in [0.1, 0.15) is 33.6 Å². The van der Waals surface area contributed by atoms with Crippen molar-refractivity contribution in [3.05, 3.63) is 0 Å². The first-order chi connectivity index (χ1) is 6.43. The molecule has 0 aliphatic heterocycles. The zero-order chi connectivity index (χ0) is 11.2. The highest BCUT2D eigenvalue weighted by molar-refractivity contribution is 7.98. The van der Waals surface area contributed by atoms with Gasteiger partial charge in [0, 0.05) is 5.54 Å². The van der Waals surface area contributed by atoms with Gasteiger partial charge < -0.3 is 11.1 Å². The fourth-order valence-corrected chi connectivity index (χ4v) is 1.38. The minimum atomic E-state index is -0.367. The number of nitrogens with one attached hydrogen (secondary N) is 1. The summed E-state index contributed by atoms with van der Waals surface area (Å²) in [5, 5.41) is 2.94. The molecule has 0 rings (SSSR count). The van der Waals surface area contributed by atoms with Crippen molar-refractivity contribution in [2.75, 3.05) is 12.0 Å². The zero-order valence-electron chi connectivity index (χ0n) is 9.59. The summed E-state index contributed by atoms with van der Waals surface area (Å²) in [5.74, 6) is 0.895. The van der Waals surface area contributed by atoms with Crippen LogP contribution in [0.4, 0.5) is 0 Å². The predicted molar refractivity (Wildman–Crippen MR) is 63.5 cm³/mol. The number of thioether (sulfide) groups is 1. The van der Waals surface area contributed by atoms with Crippen LogP contribution in [0.3, 0.4) is 0 Å².